The lowest BCUT2D eigenvalue weighted by molar-refractivity contribution is -0.151. The second-order valence-electron chi connectivity index (χ2n) is 9.48. The van der Waals surface area contributed by atoms with Crippen molar-refractivity contribution in [2.24, 2.45) is 5.92 Å². The summed E-state index contributed by atoms with van der Waals surface area (Å²) in [5.74, 6) is -0.583. The standard InChI is InChI=1S/C25H38N2O5S/c1-5-32-25(29)21-11-13-26(14-12-21)23(28)17-27(22-9-7-6-8-10-22)33(30,31)24-19(3)15-18(2)16-20(24)4/h15-16,21-22H,5-14,17H2,1-4H3. The Kier molecular flexibility index (Phi) is 8.56. The maximum Gasteiger partial charge on any atom is 0.309 e. The van der Waals surface area contributed by atoms with Crippen molar-refractivity contribution in [1.82, 2.24) is 9.21 Å². The largest absolute Gasteiger partial charge is 0.466 e. The number of likely N-dealkylation sites (tertiary alicyclic amines) is 1. The van der Waals surface area contributed by atoms with Gasteiger partial charge in [0, 0.05) is 19.1 Å². The minimum atomic E-state index is -3.83. The molecule has 2 fully saturated rings. The molecule has 0 spiro atoms. The van der Waals surface area contributed by atoms with Gasteiger partial charge in [-0.15, -0.1) is 0 Å². The highest BCUT2D eigenvalue weighted by Crippen LogP contribution is 2.31. The molecule has 0 unspecified atom stereocenters. The number of nitrogens with zero attached hydrogens (tertiary/aromatic N) is 2. The van der Waals surface area contributed by atoms with Crippen LogP contribution in [0.2, 0.25) is 0 Å². The summed E-state index contributed by atoms with van der Waals surface area (Å²) in [5, 5.41) is 0. The van der Waals surface area contributed by atoms with Gasteiger partial charge < -0.3 is 9.64 Å². The summed E-state index contributed by atoms with van der Waals surface area (Å²) in [7, 11) is -3.83. The van der Waals surface area contributed by atoms with Gasteiger partial charge in [-0.05, 0) is 64.5 Å². The summed E-state index contributed by atoms with van der Waals surface area (Å²) < 4.78 is 34.4. The van der Waals surface area contributed by atoms with Crippen LogP contribution in [0.5, 0.6) is 0 Å². The summed E-state index contributed by atoms with van der Waals surface area (Å²) in [6, 6.07) is 3.62. The molecule has 0 bridgehead atoms. The molecule has 2 aliphatic rings. The minimum Gasteiger partial charge on any atom is -0.466 e. The number of hydrogen-bond acceptors (Lipinski definition) is 5. The zero-order valence-corrected chi connectivity index (χ0v) is 21.2. The van der Waals surface area contributed by atoms with E-state index in [4.69, 9.17) is 4.74 Å². The monoisotopic (exact) mass is 478 g/mol. The SMILES string of the molecule is CCOC(=O)C1CCN(C(=O)CN(C2CCCCC2)S(=O)(=O)c2c(C)cc(C)cc2C)CC1. The van der Waals surface area contributed by atoms with Gasteiger partial charge in [0.25, 0.3) is 0 Å². The van der Waals surface area contributed by atoms with Gasteiger partial charge in [-0.1, -0.05) is 37.0 Å². The number of aryl methyl sites for hydroxylation is 3. The van der Waals surface area contributed by atoms with Gasteiger partial charge in [0.05, 0.1) is 24.0 Å². The number of benzene rings is 1. The molecule has 0 N–H and O–H groups in total. The van der Waals surface area contributed by atoms with E-state index in [0.717, 1.165) is 48.8 Å². The first-order chi connectivity index (χ1) is 15.6. The van der Waals surface area contributed by atoms with E-state index in [1.165, 1.54) is 4.31 Å². The van der Waals surface area contributed by atoms with Crippen molar-refractivity contribution in [1.29, 1.82) is 0 Å². The molecule has 1 aromatic carbocycles. The smallest absolute Gasteiger partial charge is 0.309 e. The van der Waals surface area contributed by atoms with E-state index in [1.54, 1.807) is 11.8 Å². The summed E-state index contributed by atoms with van der Waals surface area (Å²) in [6.07, 6.45) is 5.71. The van der Waals surface area contributed by atoms with E-state index in [1.807, 2.05) is 32.9 Å². The lowest BCUT2D eigenvalue weighted by atomic mass is 9.95. The fourth-order valence-electron chi connectivity index (χ4n) is 5.33. The number of ether oxygens (including phenoxy) is 1. The van der Waals surface area contributed by atoms with Crippen molar-refractivity contribution < 1.29 is 22.7 Å². The molecule has 1 heterocycles. The topological polar surface area (TPSA) is 84.0 Å². The van der Waals surface area contributed by atoms with Crippen LogP contribution in [0.3, 0.4) is 0 Å². The van der Waals surface area contributed by atoms with Crippen LogP contribution in [0, 0.1) is 26.7 Å². The Hall–Kier alpha value is -1.93. The molecule has 1 aliphatic heterocycles. The molecule has 1 saturated heterocycles. The molecule has 3 rings (SSSR count). The quantitative estimate of drug-likeness (QED) is 0.558. The molecule has 0 atom stereocenters. The van der Waals surface area contributed by atoms with Crippen LogP contribution in [0.25, 0.3) is 0 Å². The highest BCUT2D eigenvalue weighted by molar-refractivity contribution is 7.89. The summed E-state index contributed by atoms with van der Waals surface area (Å²) >= 11 is 0. The molecule has 1 saturated carbocycles. The zero-order valence-electron chi connectivity index (χ0n) is 20.4. The fourth-order valence-corrected chi connectivity index (χ4v) is 7.38. The molecule has 7 nitrogen and oxygen atoms in total. The molecule has 0 radical (unpaired) electrons. The third kappa shape index (κ3) is 5.96. The average Bonchev–Trinajstić information content (AvgIpc) is 2.77. The summed E-state index contributed by atoms with van der Waals surface area (Å²) in [5.41, 5.74) is 2.46. The van der Waals surface area contributed by atoms with Crippen molar-refractivity contribution in [3.05, 3.63) is 28.8 Å². The van der Waals surface area contributed by atoms with Gasteiger partial charge in [-0.2, -0.15) is 4.31 Å². The lowest BCUT2D eigenvalue weighted by Crippen LogP contribution is -2.50. The first-order valence-electron chi connectivity index (χ1n) is 12.2. The van der Waals surface area contributed by atoms with E-state index < -0.39 is 10.0 Å². The predicted molar refractivity (Wildman–Crippen MR) is 127 cm³/mol. The highest BCUT2D eigenvalue weighted by Gasteiger charge is 2.37. The number of esters is 1. The zero-order chi connectivity index (χ0) is 24.2. The van der Waals surface area contributed by atoms with Gasteiger partial charge >= 0.3 is 5.97 Å². The predicted octanol–water partition coefficient (Wildman–Crippen LogP) is 3.74. The second-order valence-corrected chi connectivity index (χ2v) is 11.3. The Labute approximate surface area is 198 Å². The van der Waals surface area contributed by atoms with Gasteiger partial charge in [0.1, 0.15) is 0 Å². The molecule has 1 aromatic rings. The molecular formula is C25H38N2O5S. The fraction of sp³-hybridized carbons (Fsp3) is 0.680. The van der Waals surface area contributed by atoms with Gasteiger partial charge in [0.2, 0.25) is 15.9 Å². The average molecular weight is 479 g/mol. The first kappa shape index (κ1) is 25.7. The number of hydrogen-bond donors (Lipinski definition) is 0. The van der Waals surface area contributed by atoms with Crippen LogP contribution >= 0.6 is 0 Å². The van der Waals surface area contributed by atoms with E-state index in [2.05, 4.69) is 0 Å². The molecular weight excluding hydrogens is 440 g/mol. The van der Waals surface area contributed by atoms with Crippen LogP contribution in [0.1, 0.15) is 68.6 Å². The van der Waals surface area contributed by atoms with Crippen molar-refractivity contribution in [2.45, 2.75) is 83.6 Å². The molecule has 1 amide bonds. The Morgan fingerprint density at radius 1 is 1.00 bits per heavy atom. The van der Waals surface area contributed by atoms with Crippen LogP contribution < -0.4 is 0 Å². The van der Waals surface area contributed by atoms with Crippen LogP contribution in [0.15, 0.2) is 17.0 Å². The maximum absolute atomic E-state index is 13.9. The minimum absolute atomic E-state index is 0.149. The van der Waals surface area contributed by atoms with Gasteiger partial charge in [-0.25, -0.2) is 8.42 Å². The van der Waals surface area contributed by atoms with Gasteiger partial charge in [-0.3, -0.25) is 9.59 Å². The van der Waals surface area contributed by atoms with Crippen molar-refractivity contribution in [3.8, 4) is 0 Å². The van der Waals surface area contributed by atoms with Gasteiger partial charge in [0.15, 0.2) is 0 Å². The van der Waals surface area contributed by atoms with E-state index in [-0.39, 0.29) is 30.4 Å². The van der Waals surface area contributed by atoms with Crippen LogP contribution in [-0.2, 0) is 24.3 Å². The third-order valence-electron chi connectivity index (χ3n) is 6.91. The molecule has 8 heteroatoms. The van der Waals surface area contributed by atoms with E-state index in [0.29, 0.717) is 37.4 Å². The number of amides is 1. The Bertz CT molecular complexity index is 938. The number of sulfonamides is 1. The highest BCUT2D eigenvalue weighted by atomic mass is 32.2. The number of piperidine rings is 1. The number of rotatable bonds is 7. The lowest BCUT2D eigenvalue weighted by Gasteiger charge is -2.36. The molecule has 0 aromatic heterocycles. The first-order valence-corrected chi connectivity index (χ1v) is 13.6. The van der Waals surface area contributed by atoms with Crippen molar-refractivity contribution >= 4 is 21.9 Å². The maximum atomic E-state index is 13.9. The van der Waals surface area contributed by atoms with E-state index >= 15 is 0 Å². The normalized spacial score (nSPS) is 18.5. The Morgan fingerprint density at radius 2 is 1.58 bits per heavy atom. The molecule has 1 aliphatic carbocycles. The molecule has 184 valence electrons. The summed E-state index contributed by atoms with van der Waals surface area (Å²) in [4.78, 5) is 27.3. The number of carbonyl (C=O) groups is 2. The van der Waals surface area contributed by atoms with Crippen molar-refractivity contribution in [2.75, 3.05) is 26.2 Å². The Morgan fingerprint density at radius 3 is 2.12 bits per heavy atom. The Balaban J connectivity index is 1.81. The second kappa shape index (κ2) is 11.0. The van der Waals surface area contributed by atoms with Crippen LogP contribution in [0.4, 0.5) is 0 Å². The number of carbonyl (C=O) groups excluding carboxylic acids is 2. The summed E-state index contributed by atoms with van der Waals surface area (Å²) in [6.45, 7) is 8.50. The van der Waals surface area contributed by atoms with Crippen molar-refractivity contribution in [3.63, 3.8) is 0 Å². The third-order valence-corrected chi connectivity index (χ3v) is 9.12. The molecule has 33 heavy (non-hydrogen) atoms. The van der Waals surface area contributed by atoms with E-state index in [9.17, 15) is 18.0 Å². The van der Waals surface area contributed by atoms with Crippen LogP contribution in [-0.4, -0.2) is 61.8 Å².